The summed E-state index contributed by atoms with van der Waals surface area (Å²) in [5, 5.41) is 1.83. The second-order valence-electron chi connectivity index (χ2n) is 5.96. The first-order chi connectivity index (χ1) is 12.7. The first kappa shape index (κ1) is 18.5. The van der Waals surface area contributed by atoms with Crippen LogP contribution in [0.3, 0.4) is 0 Å². The maximum Gasteiger partial charge on any atom is 0.247 e. The van der Waals surface area contributed by atoms with Crippen LogP contribution in [0.2, 0.25) is 0 Å². The lowest BCUT2D eigenvalue weighted by atomic mass is 10.2. The van der Waals surface area contributed by atoms with E-state index in [0.717, 1.165) is 10.6 Å². The zero-order valence-corrected chi connectivity index (χ0v) is 15.5. The highest BCUT2D eigenvalue weighted by Crippen LogP contribution is 2.18. The molecule has 1 unspecified atom stereocenters. The molecule has 26 heavy (non-hydrogen) atoms. The van der Waals surface area contributed by atoms with Crippen LogP contribution in [0.1, 0.15) is 5.69 Å². The summed E-state index contributed by atoms with van der Waals surface area (Å²) >= 11 is 1.53. The van der Waals surface area contributed by atoms with Crippen molar-refractivity contribution in [3.8, 4) is 5.75 Å². The summed E-state index contributed by atoms with van der Waals surface area (Å²) in [6, 6.07) is 13.8. The third-order valence-corrected chi connectivity index (χ3v) is 4.75. The van der Waals surface area contributed by atoms with E-state index in [-0.39, 0.29) is 12.0 Å². The Hall–Kier alpha value is -2.31. The van der Waals surface area contributed by atoms with Gasteiger partial charge in [-0.15, -0.1) is 0 Å². The first-order valence-electron chi connectivity index (χ1n) is 8.55. The molecule has 0 N–H and O–H groups in total. The fourth-order valence-corrected chi connectivity index (χ4v) is 3.18. The molecule has 1 amide bonds. The molecular formula is C20H22N2O3S. The minimum absolute atomic E-state index is 0.00117. The Balaban J connectivity index is 1.46. The second-order valence-corrected chi connectivity index (χ2v) is 6.94. The van der Waals surface area contributed by atoms with Crippen molar-refractivity contribution in [1.82, 2.24) is 9.88 Å². The molecular weight excluding hydrogens is 348 g/mol. The summed E-state index contributed by atoms with van der Waals surface area (Å²) < 4.78 is 11.4. The van der Waals surface area contributed by atoms with Gasteiger partial charge >= 0.3 is 0 Å². The minimum Gasteiger partial charge on any atom is -0.489 e. The third-order valence-electron chi connectivity index (χ3n) is 3.93. The van der Waals surface area contributed by atoms with Crippen LogP contribution in [0.5, 0.6) is 5.75 Å². The molecule has 1 aliphatic rings. The Morgan fingerprint density at radius 2 is 2.19 bits per heavy atom. The van der Waals surface area contributed by atoms with Gasteiger partial charge < -0.3 is 14.4 Å². The lowest BCUT2D eigenvalue weighted by molar-refractivity contribution is -0.134. The quantitative estimate of drug-likeness (QED) is 0.577. The Kier molecular flexibility index (Phi) is 6.68. The van der Waals surface area contributed by atoms with Crippen molar-refractivity contribution >= 4 is 17.7 Å². The van der Waals surface area contributed by atoms with Gasteiger partial charge in [-0.05, 0) is 36.6 Å². The molecule has 5 nitrogen and oxygen atoms in total. The fraction of sp³-hybridized carbons (Fsp3) is 0.300. The average Bonchev–Trinajstić information content (AvgIpc) is 2.68. The van der Waals surface area contributed by atoms with E-state index in [0.29, 0.717) is 32.1 Å². The van der Waals surface area contributed by atoms with Crippen LogP contribution < -0.4 is 4.74 Å². The highest BCUT2D eigenvalue weighted by Gasteiger charge is 2.23. The molecule has 1 fully saturated rings. The van der Waals surface area contributed by atoms with Crippen molar-refractivity contribution in [3.05, 3.63) is 65.8 Å². The summed E-state index contributed by atoms with van der Waals surface area (Å²) in [7, 11) is 0. The smallest absolute Gasteiger partial charge is 0.247 e. The standard InChI is InChI=1S/C20H22N2O3S/c1-16-7-8-17(13-21-16)25-15-18-14-22(10-11-24-18)20(23)9-12-26-19-5-3-2-4-6-19/h2-9,12-13,18H,10-11,14-15H2,1H3/b12-9+. The summed E-state index contributed by atoms with van der Waals surface area (Å²) in [6.45, 7) is 3.98. The van der Waals surface area contributed by atoms with E-state index in [1.807, 2.05) is 54.8 Å². The number of aryl methyl sites for hydroxylation is 1. The summed E-state index contributed by atoms with van der Waals surface area (Å²) in [4.78, 5) is 19.5. The van der Waals surface area contributed by atoms with Crippen molar-refractivity contribution in [2.75, 3.05) is 26.3 Å². The predicted octanol–water partition coefficient (Wildman–Crippen LogP) is 3.30. The Morgan fingerprint density at radius 1 is 1.35 bits per heavy atom. The van der Waals surface area contributed by atoms with E-state index in [1.54, 1.807) is 17.2 Å². The van der Waals surface area contributed by atoms with E-state index in [4.69, 9.17) is 9.47 Å². The van der Waals surface area contributed by atoms with Gasteiger partial charge in [-0.1, -0.05) is 30.0 Å². The van der Waals surface area contributed by atoms with E-state index >= 15 is 0 Å². The minimum atomic E-state index is -0.135. The molecule has 1 atom stereocenters. The van der Waals surface area contributed by atoms with E-state index < -0.39 is 0 Å². The predicted molar refractivity (Wildman–Crippen MR) is 102 cm³/mol. The number of ether oxygens (including phenoxy) is 2. The fourth-order valence-electron chi connectivity index (χ4n) is 2.52. The number of pyridine rings is 1. The maximum absolute atomic E-state index is 12.4. The molecule has 0 bridgehead atoms. The number of carbonyl (C=O) groups is 1. The van der Waals surface area contributed by atoms with Crippen molar-refractivity contribution in [1.29, 1.82) is 0 Å². The number of hydrogen-bond donors (Lipinski definition) is 0. The van der Waals surface area contributed by atoms with Crippen molar-refractivity contribution in [3.63, 3.8) is 0 Å². The normalized spacial score (nSPS) is 17.4. The summed E-state index contributed by atoms with van der Waals surface area (Å²) in [5.41, 5.74) is 0.947. The lowest BCUT2D eigenvalue weighted by Gasteiger charge is -2.32. The van der Waals surface area contributed by atoms with Crippen molar-refractivity contribution in [2.24, 2.45) is 0 Å². The van der Waals surface area contributed by atoms with Gasteiger partial charge in [0, 0.05) is 23.2 Å². The van der Waals surface area contributed by atoms with Gasteiger partial charge in [0.1, 0.15) is 18.5 Å². The number of aromatic nitrogens is 1. The molecule has 1 aromatic heterocycles. The van der Waals surface area contributed by atoms with E-state index in [9.17, 15) is 4.79 Å². The topological polar surface area (TPSA) is 51.7 Å². The highest BCUT2D eigenvalue weighted by atomic mass is 32.2. The van der Waals surface area contributed by atoms with Gasteiger partial charge in [0.25, 0.3) is 0 Å². The van der Waals surface area contributed by atoms with Gasteiger partial charge in [0.15, 0.2) is 0 Å². The number of rotatable bonds is 6. The van der Waals surface area contributed by atoms with Gasteiger partial charge in [-0.25, -0.2) is 0 Å². The van der Waals surface area contributed by atoms with Crippen molar-refractivity contribution < 1.29 is 14.3 Å². The number of nitrogens with zero attached hydrogens (tertiary/aromatic N) is 2. The zero-order valence-electron chi connectivity index (χ0n) is 14.7. The molecule has 1 aliphatic heterocycles. The van der Waals surface area contributed by atoms with Crippen LogP contribution in [0.25, 0.3) is 0 Å². The van der Waals surface area contributed by atoms with Gasteiger partial charge in [-0.3, -0.25) is 9.78 Å². The van der Waals surface area contributed by atoms with E-state index in [2.05, 4.69) is 4.98 Å². The monoisotopic (exact) mass is 370 g/mol. The largest absolute Gasteiger partial charge is 0.489 e. The maximum atomic E-state index is 12.4. The van der Waals surface area contributed by atoms with Crippen LogP contribution in [-0.4, -0.2) is 48.2 Å². The third kappa shape index (κ3) is 5.61. The van der Waals surface area contributed by atoms with Gasteiger partial charge in [0.2, 0.25) is 5.91 Å². The number of morpholine rings is 1. The highest BCUT2D eigenvalue weighted by molar-refractivity contribution is 8.02. The van der Waals surface area contributed by atoms with Crippen LogP contribution in [0.4, 0.5) is 0 Å². The average molecular weight is 370 g/mol. The number of hydrogen-bond acceptors (Lipinski definition) is 5. The first-order valence-corrected chi connectivity index (χ1v) is 9.43. The Bertz CT molecular complexity index is 734. The Morgan fingerprint density at radius 3 is 2.96 bits per heavy atom. The molecule has 0 aliphatic carbocycles. The molecule has 6 heteroatoms. The molecule has 136 valence electrons. The molecule has 0 spiro atoms. The van der Waals surface area contributed by atoms with Crippen LogP contribution in [-0.2, 0) is 9.53 Å². The summed E-state index contributed by atoms with van der Waals surface area (Å²) in [5.74, 6) is 0.709. The van der Waals surface area contributed by atoms with Crippen LogP contribution in [0, 0.1) is 6.92 Å². The molecule has 0 saturated carbocycles. The van der Waals surface area contributed by atoms with Gasteiger partial charge in [0.05, 0.1) is 19.3 Å². The lowest BCUT2D eigenvalue weighted by Crippen LogP contribution is -2.47. The van der Waals surface area contributed by atoms with Gasteiger partial charge in [-0.2, -0.15) is 0 Å². The molecule has 3 rings (SSSR count). The summed E-state index contributed by atoms with van der Waals surface area (Å²) in [6.07, 6.45) is 3.18. The van der Waals surface area contributed by atoms with Crippen LogP contribution in [0.15, 0.2) is 65.0 Å². The molecule has 2 heterocycles. The second kappa shape index (κ2) is 9.40. The molecule has 0 radical (unpaired) electrons. The van der Waals surface area contributed by atoms with Crippen molar-refractivity contribution in [2.45, 2.75) is 17.9 Å². The number of benzene rings is 1. The zero-order chi connectivity index (χ0) is 18.2. The van der Waals surface area contributed by atoms with Crippen LogP contribution >= 0.6 is 11.8 Å². The number of thioether (sulfide) groups is 1. The number of amides is 1. The molecule has 1 saturated heterocycles. The van der Waals surface area contributed by atoms with E-state index in [1.165, 1.54) is 11.8 Å². The Labute approximate surface area is 158 Å². The SMILES string of the molecule is Cc1ccc(OCC2CN(C(=O)/C=C/Sc3ccccc3)CCO2)cn1. The molecule has 1 aromatic carbocycles. The molecule has 2 aromatic rings. The number of carbonyl (C=O) groups excluding carboxylic acids is 1.